The molecule has 1 saturated heterocycles. The van der Waals surface area contributed by atoms with E-state index in [1.54, 1.807) is 4.90 Å². The maximum absolute atomic E-state index is 12.1. The van der Waals surface area contributed by atoms with Crippen molar-refractivity contribution in [1.29, 1.82) is 0 Å². The van der Waals surface area contributed by atoms with Gasteiger partial charge in [-0.25, -0.2) is 4.79 Å². The highest BCUT2D eigenvalue weighted by Crippen LogP contribution is 2.15. The molecular weight excluding hydrogens is 260 g/mol. The number of urea groups is 1. The number of ether oxygens (including phenoxy) is 1. The lowest BCUT2D eigenvalue weighted by Gasteiger charge is -2.33. The Hall–Kier alpha value is -1.30. The van der Waals surface area contributed by atoms with Gasteiger partial charge in [-0.3, -0.25) is 4.79 Å². The molecule has 2 atom stereocenters. The normalized spacial score (nSPS) is 20.8. The SMILES string of the molecule is CC(C)C[C@H](CNC(=O)N1CCOCC1C)CC(=O)O. The zero-order valence-electron chi connectivity index (χ0n) is 12.6. The Morgan fingerprint density at radius 3 is 2.70 bits per heavy atom. The number of carboxylic acids is 1. The molecule has 0 radical (unpaired) electrons. The van der Waals surface area contributed by atoms with E-state index in [1.165, 1.54) is 0 Å². The molecule has 1 aliphatic heterocycles. The minimum absolute atomic E-state index is 0.0206. The molecule has 20 heavy (non-hydrogen) atoms. The van der Waals surface area contributed by atoms with Gasteiger partial charge < -0.3 is 20.1 Å². The van der Waals surface area contributed by atoms with E-state index in [-0.39, 0.29) is 24.4 Å². The van der Waals surface area contributed by atoms with Crippen LogP contribution in [-0.4, -0.2) is 54.4 Å². The van der Waals surface area contributed by atoms with E-state index in [2.05, 4.69) is 19.2 Å². The summed E-state index contributed by atoms with van der Waals surface area (Å²) in [5, 5.41) is 11.8. The highest BCUT2D eigenvalue weighted by atomic mass is 16.5. The zero-order chi connectivity index (χ0) is 15.1. The average molecular weight is 286 g/mol. The lowest BCUT2D eigenvalue weighted by molar-refractivity contribution is -0.138. The number of carbonyl (C=O) groups is 2. The first-order valence-corrected chi connectivity index (χ1v) is 7.24. The highest BCUT2D eigenvalue weighted by molar-refractivity contribution is 5.74. The first-order chi connectivity index (χ1) is 9.40. The van der Waals surface area contributed by atoms with Crippen LogP contribution < -0.4 is 5.32 Å². The molecule has 0 aromatic carbocycles. The summed E-state index contributed by atoms with van der Waals surface area (Å²) in [5.41, 5.74) is 0. The van der Waals surface area contributed by atoms with Gasteiger partial charge in [-0.1, -0.05) is 13.8 Å². The predicted octanol–water partition coefficient (Wildman–Crippen LogP) is 1.55. The van der Waals surface area contributed by atoms with E-state index in [0.717, 1.165) is 6.42 Å². The summed E-state index contributed by atoms with van der Waals surface area (Å²) in [7, 11) is 0. The third-order valence-electron chi connectivity index (χ3n) is 3.44. The molecule has 0 saturated carbocycles. The molecule has 6 heteroatoms. The monoisotopic (exact) mass is 286 g/mol. The van der Waals surface area contributed by atoms with Gasteiger partial charge in [-0.15, -0.1) is 0 Å². The number of aliphatic carboxylic acids is 1. The molecule has 0 bridgehead atoms. The van der Waals surface area contributed by atoms with Crippen molar-refractivity contribution in [3.63, 3.8) is 0 Å². The molecular formula is C14H26N2O4. The number of nitrogens with one attached hydrogen (secondary N) is 1. The minimum atomic E-state index is -0.815. The van der Waals surface area contributed by atoms with Crippen molar-refractivity contribution in [2.24, 2.45) is 11.8 Å². The first kappa shape index (κ1) is 16.8. The summed E-state index contributed by atoms with van der Waals surface area (Å²) in [6.07, 6.45) is 0.891. The summed E-state index contributed by atoms with van der Waals surface area (Å²) in [4.78, 5) is 24.7. The molecule has 6 nitrogen and oxygen atoms in total. The number of nitrogens with zero attached hydrogens (tertiary/aromatic N) is 1. The molecule has 2 N–H and O–H groups in total. The number of rotatable bonds is 6. The fraction of sp³-hybridized carbons (Fsp3) is 0.857. The van der Waals surface area contributed by atoms with Gasteiger partial charge in [0.15, 0.2) is 0 Å². The second-order valence-electron chi connectivity index (χ2n) is 5.90. The van der Waals surface area contributed by atoms with Gasteiger partial charge in [0.1, 0.15) is 0 Å². The van der Waals surface area contributed by atoms with E-state index in [0.29, 0.717) is 32.2 Å². The van der Waals surface area contributed by atoms with Crippen LogP contribution in [0.1, 0.15) is 33.6 Å². The van der Waals surface area contributed by atoms with Crippen molar-refractivity contribution < 1.29 is 19.4 Å². The van der Waals surface area contributed by atoms with Crippen LogP contribution in [0, 0.1) is 11.8 Å². The van der Waals surface area contributed by atoms with Crippen LogP contribution in [0.2, 0.25) is 0 Å². The fourth-order valence-corrected chi connectivity index (χ4v) is 2.51. The summed E-state index contributed by atoms with van der Waals surface area (Å²) in [5.74, 6) is -0.420. The van der Waals surface area contributed by atoms with E-state index in [9.17, 15) is 9.59 Å². The number of hydrogen-bond donors (Lipinski definition) is 2. The van der Waals surface area contributed by atoms with E-state index in [4.69, 9.17) is 9.84 Å². The maximum Gasteiger partial charge on any atom is 0.317 e. The molecule has 0 spiro atoms. The third-order valence-corrected chi connectivity index (χ3v) is 3.44. The van der Waals surface area contributed by atoms with Crippen LogP contribution in [0.3, 0.4) is 0 Å². The van der Waals surface area contributed by atoms with Gasteiger partial charge in [-0.2, -0.15) is 0 Å². The van der Waals surface area contributed by atoms with Gasteiger partial charge in [-0.05, 0) is 25.2 Å². The lowest BCUT2D eigenvalue weighted by atomic mass is 9.94. The molecule has 1 fully saturated rings. The Kier molecular flexibility index (Phi) is 6.78. The van der Waals surface area contributed by atoms with Gasteiger partial charge in [0.25, 0.3) is 0 Å². The van der Waals surface area contributed by atoms with Crippen molar-refractivity contribution in [3.8, 4) is 0 Å². The Bertz CT molecular complexity index is 333. The van der Waals surface area contributed by atoms with Crippen molar-refractivity contribution in [2.75, 3.05) is 26.3 Å². The van der Waals surface area contributed by atoms with Crippen molar-refractivity contribution in [3.05, 3.63) is 0 Å². The van der Waals surface area contributed by atoms with Crippen molar-refractivity contribution in [1.82, 2.24) is 10.2 Å². The van der Waals surface area contributed by atoms with Gasteiger partial charge in [0, 0.05) is 19.5 Å². The Morgan fingerprint density at radius 2 is 2.15 bits per heavy atom. The molecule has 0 aliphatic carbocycles. The quantitative estimate of drug-likeness (QED) is 0.776. The Labute approximate surface area is 120 Å². The molecule has 0 aromatic heterocycles. The first-order valence-electron chi connectivity index (χ1n) is 7.24. The van der Waals surface area contributed by atoms with Gasteiger partial charge >= 0.3 is 12.0 Å². The van der Waals surface area contributed by atoms with Crippen molar-refractivity contribution >= 4 is 12.0 Å². The van der Waals surface area contributed by atoms with Crippen LogP contribution in [0.25, 0.3) is 0 Å². The number of carbonyl (C=O) groups excluding carboxylic acids is 1. The molecule has 2 amide bonds. The summed E-state index contributed by atoms with van der Waals surface area (Å²) < 4.78 is 5.29. The van der Waals surface area contributed by atoms with Crippen LogP contribution in [0.15, 0.2) is 0 Å². The second kappa shape index (κ2) is 8.09. The molecule has 1 rings (SSSR count). The van der Waals surface area contributed by atoms with E-state index in [1.807, 2.05) is 6.92 Å². The zero-order valence-corrected chi connectivity index (χ0v) is 12.6. The third kappa shape index (κ3) is 5.77. The minimum Gasteiger partial charge on any atom is -0.481 e. The van der Waals surface area contributed by atoms with Crippen LogP contribution in [-0.2, 0) is 9.53 Å². The van der Waals surface area contributed by atoms with Crippen LogP contribution in [0.4, 0.5) is 4.79 Å². The number of hydrogen-bond acceptors (Lipinski definition) is 3. The molecule has 1 aliphatic rings. The van der Waals surface area contributed by atoms with E-state index < -0.39 is 5.97 Å². The fourth-order valence-electron chi connectivity index (χ4n) is 2.51. The predicted molar refractivity (Wildman–Crippen MR) is 75.6 cm³/mol. The summed E-state index contributed by atoms with van der Waals surface area (Å²) in [6.45, 7) is 8.16. The molecule has 1 heterocycles. The standard InChI is InChI=1S/C14H26N2O4/c1-10(2)6-12(7-13(17)18)8-15-14(19)16-4-5-20-9-11(16)3/h10-12H,4-9H2,1-3H3,(H,15,19)(H,17,18)/t11?,12-/m0/s1. The van der Waals surface area contributed by atoms with Crippen LogP contribution >= 0.6 is 0 Å². The lowest BCUT2D eigenvalue weighted by Crippen LogP contribution is -2.52. The second-order valence-corrected chi connectivity index (χ2v) is 5.90. The van der Waals surface area contributed by atoms with Gasteiger partial charge in [0.05, 0.1) is 19.3 Å². The Morgan fingerprint density at radius 1 is 1.45 bits per heavy atom. The van der Waals surface area contributed by atoms with Gasteiger partial charge in [0.2, 0.25) is 0 Å². The topological polar surface area (TPSA) is 78.9 Å². The summed E-state index contributed by atoms with van der Waals surface area (Å²) in [6, 6.07) is -0.0632. The molecule has 1 unspecified atom stereocenters. The number of amides is 2. The van der Waals surface area contributed by atoms with E-state index >= 15 is 0 Å². The highest BCUT2D eigenvalue weighted by Gasteiger charge is 2.24. The Balaban J connectivity index is 2.44. The number of morpholine rings is 1. The van der Waals surface area contributed by atoms with Crippen LogP contribution in [0.5, 0.6) is 0 Å². The maximum atomic E-state index is 12.1. The number of carboxylic acid groups (broad SMARTS) is 1. The summed E-state index contributed by atoms with van der Waals surface area (Å²) >= 11 is 0. The van der Waals surface area contributed by atoms with Crippen molar-refractivity contribution in [2.45, 2.75) is 39.7 Å². The average Bonchev–Trinajstić information content (AvgIpc) is 2.34. The largest absolute Gasteiger partial charge is 0.481 e. The molecule has 0 aromatic rings. The smallest absolute Gasteiger partial charge is 0.317 e. The molecule has 116 valence electrons.